The number of ether oxygens (including phenoxy) is 1. The van der Waals surface area contributed by atoms with Gasteiger partial charge in [0.25, 0.3) is 11.5 Å². The molecule has 36 heavy (non-hydrogen) atoms. The fourth-order valence-corrected chi connectivity index (χ4v) is 3.94. The maximum atomic E-state index is 12.6. The van der Waals surface area contributed by atoms with E-state index in [0.29, 0.717) is 40.4 Å². The highest BCUT2D eigenvalue weighted by atomic mass is 16.5. The van der Waals surface area contributed by atoms with Crippen molar-refractivity contribution in [2.75, 3.05) is 27.2 Å². The zero-order valence-electron chi connectivity index (χ0n) is 20.7. The lowest BCUT2D eigenvalue weighted by Gasteiger charge is -2.15. The topological polar surface area (TPSA) is 87.3 Å². The van der Waals surface area contributed by atoms with Crippen molar-refractivity contribution in [3.8, 4) is 33.9 Å². The Labute approximate surface area is 210 Å². The summed E-state index contributed by atoms with van der Waals surface area (Å²) in [6.45, 7) is 3.29. The van der Waals surface area contributed by atoms with Gasteiger partial charge in [-0.25, -0.2) is 5.10 Å². The number of para-hydroxylation sites is 2. The molecular formula is C29H30N4O3. The van der Waals surface area contributed by atoms with Crippen molar-refractivity contribution < 1.29 is 9.53 Å². The number of carbonyl (C=O) groups is 1. The van der Waals surface area contributed by atoms with Crippen molar-refractivity contribution in [1.29, 1.82) is 0 Å². The highest BCUT2D eigenvalue weighted by Gasteiger charge is 2.19. The van der Waals surface area contributed by atoms with E-state index in [1.807, 2.05) is 80.8 Å². The molecule has 4 aromatic rings. The van der Waals surface area contributed by atoms with Gasteiger partial charge >= 0.3 is 0 Å². The van der Waals surface area contributed by atoms with E-state index in [4.69, 9.17) is 4.74 Å². The predicted octanol–water partition coefficient (Wildman–Crippen LogP) is 4.89. The number of nitrogens with zero attached hydrogens (tertiary/aromatic N) is 2. The molecule has 0 saturated carbocycles. The molecule has 1 heterocycles. The second kappa shape index (κ2) is 11.5. The van der Waals surface area contributed by atoms with Gasteiger partial charge in [-0.05, 0) is 75.9 Å². The lowest BCUT2D eigenvalue weighted by molar-refractivity contribution is 0.0952. The molecule has 1 amide bonds. The Kier molecular flexibility index (Phi) is 7.92. The molecule has 0 aliphatic heterocycles. The van der Waals surface area contributed by atoms with Crippen LogP contribution in [-0.2, 0) is 0 Å². The van der Waals surface area contributed by atoms with Crippen LogP contribution in [0.2, 0.25) is 0 Å². The summed E-state index contributed by atoms with van der Waals surface area (Å²) in [6.07, 6.45) is 0.877. The molecule has 1 aromatic heterocycles. The first-order chi connectivity index (χ1) is 17.4. The van der Waals surface area contributed by atoms with E-state index in [-0.39, 0.29) is 11.5 Å². The molecule has 4 rings (SSSR count). The Morgan fingerprint density at radius 2 is 1.67 bits per heavy atom. The van der Waals surface area contributed by atoms with Crippen molar-refractivity contribution in [2.24, 2.45) is 0 Å². The van der Waals surface area contributed by atoms with Crippen LogP contribution in [0.4, 0.5) is 0 Å². The molecular weight excluding hydrogens is 452 g/mol. The lowest BCUT2D eigenvalue weighted by atomic mass is 9.95. The summed E-state index contributed by atoms with van der Waals surface area (Å²) in [5, 5.41) is 9.97. The van der Waals surface area contributed by atoms with Crippen LogP contribution in [0.15, 0.2) is 83.7 Å². The smallest absolute Gasteiger partial charge is 0.267 e. The van der Waals surface area contributed by atoms with E-state index < -0.39 is 0 Å². The molecule has 2 N–H and O–H groups in total. The number of H-pyrrole nitrogens is 1. The van der Waals surface area contributed by atoms with E-state index in [9.17, 15) is 9.59 Å². The second-order valence-electron chi connectivity index (χ2n) is 8.80. The van der Waals surface area contributed by atoms with Crippen LogP contribution in [0.25, 0.3) is 22.4 Å². The number of aromatic nitrogens is 2. The average molecular weight is 483 g/mol. The molecule has 0 unspecified atom stereocenters. The van der Waals surface area contributed by atoms with Gasteiger partial charge in [-0.2, -0.15) is 5.10 Å². The molecule has 0 spiro atoms. The minimum atomic E-state index is -0.266. The summed E-state index contributed by atoms with van der Waals surface area (Å²) in [4.78, 5) is 27.2. The molecule has 0 saturated heterocycles. The van der Waals surface area contributed by atoms with E-state index in [1.54, 1.807) is 19.1 Å². The average Bonchev–Trinajstić information content (AvgIpc) is 2.89. The zero-order chi connectivity index (χ0) is 25.5. The van der Waals surface area contributed by atoms with Gasteiger partial charge in [-0.3, -0.25) is 9.59 Å². The number of nitrogens with one attached hydrogen (secondary N) is 2. The second-order valence-corrected chi connectivity index (χ2v) is 8.80. The first kappa shape index (κ1) is 24.9. The molecule has 0 atom stereocenters. The molecule has 3 aromatic carbocycles. The van der Waals surface area contributed by atoms with Crippen LogP contribution < -0.4 is 15.6 Å². The third-order valence-electron chi connectivity index (χ3n) is 5.84. The standard InChI is InChI=1S/C29H30N4O3/c1-20-26(21-14-16-22(17-15-21)29(35)30-18-9-19-33(2)3)27(31-32-28(20)34)24-12-7-8-13-25(24)36-23-10-5-4-6-11-23/h4-8,10-17H,9,18-19H2,1-3H3,(H,30,35)(H,32,34). The highest BCUT2D eigenvalue weighted by molar-refractivity contribution is 5.95. The summed E-state index contributed by atoms with van der Waals surface area (Å²) in [7, 11) is 4.01. The summed E-state index contributed by atoms with van der Waals surface area (Å²) in [5.41, 5.74) is 3.67. The van der Waals surface area contributed by atoms with Gasteiger partial charge < -0.3 is 15.0 Å². The van der Waals surface area contributed by atoms with E-state index in [2.05, 4.69) is 20.4 Å². The molecule has 0 aliphatic carbocycles. The van der Waals surface area contributed by atoms with Gasteiger partial charge in [0.15, 0.2) is 0 Å². The van der Waals surface area contributed by atoms with Crippen LogP contribution >= 0.6 is 0 Å². The summed E-state index contributed by atoms with van der Waals surface area (Å²) >= 11 is 0. The number of benzene rings is 3. The van der Waals surface area contributed by atoms with Gasteiger partial charge in [0.05, 0.1) is 0 Å². The minimum Gasteiger partial charge on any atom is -0.457 e. The van der Waals surface area contributed by atoms with E-state index in [1.165, 1.54) is 0 Å². The van der Waals surface area contributed by atoms with Crippen LogP contribution in [0.1, 0.15) is 22.3 Å². The van der Waals surface area contributed by atoms with Crippen molar-refractivity contribution in [2.45, 2.75) is 13.3 Å². The molecule has 7 nitrogen and oxygen atoms in total. The van der Waals surface area contributed by atoms with Crippen LogP contribution in [-0.4, -0.2) is 48.2 Å². The number of carbonyl (C=O) groups excluding carboxylic acids is 1. The molecule has 0 bridgehead atoms. The predicted molar refractivity (Wildman–Crippen MR) is 142 cm³/mol. The Morgan fingerprint density at radius 3 is 2.39 bits per heavy atom. The van der Waals surface area contributed by atoms with E-state index >= 15 is 0 Å². The number of hydrogen-bond acceptors (Lipinski definition) is 5. The van der Waals surface area contributed by atoms with Crippen LogP contribution in [0.5, 0.6) is 11.5 Å². The highest BCUT2D eigenvalue weighted by Crippen LogP contribution is 2.38. The van der Waals surface area contributed by atoms with Gasteiger partial charge in [0, 0.05) is 28.8 Å². The van der Waals surface area contributed by atoms with Crippen molar-refractivity contribution in [3.63, 3.8) is 0 Å². The third kappa shape index (κ3) is 5.87. The third-order valence-corrected chi connectivity index (χ3v) is 5.84. The maximum absolute atomic E-state index is 12.6. The summed E-state index contributed by atoms with van der Waals surface area (Å²) in [5.74, 6) is 1.20. The van der Waals surface area contributed by atoms with Crippen molar-refractivity contribution >= 4 is 5.91 Å². The molecule has 0 radical (unpaired) electrons. The Hall–Kier alpha value is -4.23. The zero-order valence-corrected chi connectivity index (χ0v) is 20.7. The monoisotopic (exact) mass is 482 g/mol. The number of hydrogen-bond donors (Lipinski definition) is 2. The number of amides is 1. The quantitative estimate of drug-likeness (QED) is 0.332. The van der Waals surface area contributed by atoms with Gasteiger partial charge in [0.2, 0.25) is 0 Å². The fourth-order valence-electron chi connectivity index (χ4n) is 3.94. The first-order valence-electron chi connectivity index (χ1n) is 11.9. The molecule has 0 fully saturated rings. The summed E-state index contributed by atoms with van der Waals surface area (Å²) in [6, 6.07) is 24.3. The minimum absolute atomic E-state index is 0.122. The Morgan fingerprint density at radius 1 is 0.972 bits per heavy atom. The van der Waals surface area contributed by atoms with Crippen molar-refractivity contribution in [3.05, 3.63) is 100 Å². The maximum Gasteiger partial charge on any atom is 0.267 e. The normalized spacial score (nSPS) is 10.9. The number of aromatic amines is 1. The molecule has 0 aliphatic rings. The molecule has 184 valence electrons. The van der Waals surface area contributed by atoms with Crippen LogP contribution in [0.3, 0.4) is 0 Å². The van der Waals surface area contributed by atoms with Gasteiger partial charge in [-0.1, -0.05) is 42.5 Å². The van der Waals surface area contributed by atoms with Gasteiger partial charge in [-0.15, -0.1) is 0 Å². The molecule has 7 heteroatoms. The van der Waals surface area contributed by atoms with Gasteiger partial charge in [0.1, 0.15) is 17.2 Å². The Balaban J connectivity index is 1.66. The fraction of sp³-hybridized carbons (Fsp3) is 0.207. The Bertz CT molecular complexity index is 1380. The first-order valence-corrected chi connectivity index (χ1v) is 11.9. The van der Waals surface area contributed by atoms with E-state index in [0.717, 1.165) is 24.1 Å². The van der Waals surface area contributed by atoms with Crippen LogP contribution in [0, 0.1) is 6.92 Å². The SMILES string of the molecule is Cc1c(-c2ccc(C(=O)NCCCN(C)C)cc2)c(-c2ccccc2Oc2ccccc2)n[nH]c1=O. The lowest BCUT2D eigenvalue weighted by Crippen LogP contribution is -2.27. The summed E-state index contributed by atoms with van der Waals surface area (Å²) < 4.78 is 6.15. The largest absolute Gasteiger partial charge is 0.457 e. The van der Waals surface area contributed by atoms with Crippen molar-refractivity contribution in [1.82, 2.24) is 20.4 Å². The number of rotatable bonds is 9.